The number of hydrogen-bond donors (Lipinski definition) is 2. The van der Waals surface area contributed by atoms with Gasteiger partial charge in [-0.2, -0.15) is 10.5 Å². The molecule has 2 saturated heterocycles. The van der Waals surface area contributed by atoms with Gasteiger partial charge in [-0.15, -0.1) is 0 Å². The maximum absolute atomic E-state index is 13.8. The summed E-state index contributed by atoms with van der Waals surface area (Å²) in [5.74, 6) is -0.686. The first-order chi connectivity index (χ1) is 24.9. The third kappa shape index (κ3) is 8.38. The number of halogens is 2. The summed E-state index contributed by atoms with van der Waals surface area (Å²) in [5.41, 5.74) is -1.70. The molecule has 14 heteroatoms. The topological polar surface area (TPSA) is 165 Å². The van der Waals surface area contributed by atoms with Crippen LogP contribution in [-0.4, -0.2) is 108 Å². The van der Waals surface area contributed by atoms with Gasteiger partial charge < -0.3 is 20.1 Å². The first kappa shape index (κ1) is 38.4. The molecule has 4 bridgehead atoms. The summed E-state index contributed by atoms with van der Waals surface area (Å²) < 4.78 is 39.0. The van der Waals surface area contributed by atoms with E-state index >= 15 is 0 Å². The van der Waals surface area contributed by atoms with Crippen LogP contribution >= 0.6 is 0 Å². The van der Waals surface area contributed by atoms with Crippen LogP contribution in [0.2, 0.25) is 0 Å². The molecule has 0 aromatic rings. The molecule has 0 aromatic heterocycles. The van der Waals surface area contributed by atoms with E-state index in [-0.39, 0.29) is 73.9 Å². The predicted octanol–water partition coefficient (Wildman–Crippen LogP) is 3.92. The van der Waals surface area contributed by atoms with Gasteiger partial charge in [-0.05, 0) is 103 Å². The molecule has 286 valence electrons. The van der Waals surface area contributed by atoms with Crippen molar-refractivity contribution in [1.29, 1.82) is 10.5 Å². The van der Waals surface area contributed by atoms with Gasteiger partial charge in [-0.1, -0.05) is 0 Å². The van der Waals surface area contributed by atoms with Gasteiger partial charge in [0.1, 0.15) is 24.4 Å². The highest BCUT2D eigenvalue weighted by Gasteiger charge is 2.55. The smallest absolute Gasteiger partial charge is 0.312 e. The number of esters is 2. The second-order valence-electron chi connectivity index (χ2n) is 16.7. The molecule has 12 nitrogen and oxygen atoms in total. The molecule has 6 aliphatic carbocycles. The van der Waals surface area contributed by atoms with E-state index in [0.717, 1.165) is 25.7 Å². The number of nitrogens with zero attached hydrogens (tertiary/aromatic N) is 4. The summed E-state index contributed by atoms with van der Waals surface area (Å²) in [7, 11) is 0. The summed E-state index contributed by atoms with van der Waals surface area (Å²) in [5, 5.41) is 24.9. The highest BCUT2D eigenvalue weighted by atomic mass is 19.1. The summed E-state index contributed by atoms with van der Waals surface area (Å²) in [6.45, 7) is 0.929. The number of unbranched alkanes of at least 4 members (excludes halogenated alkanes) is 3. The van der Waals surface area contributed by atoms with Crippen LogP contribution in [0.3, 0.4) is 0 Å². The molecular formula is C38H54F2N6O6. The number of amides is 2. The highest BCUT2D eigenvalue weighted by Crippen LogP contribution is 2.54. The zero-order valence-electron chi connectivity index (χ0n) is 30.3. The molecule has 2 amide bonds. The fraction of sp³-hybridized carbons (Fsp3) is 0.842. The largest absolute Gasteiger partial charge is 0.465 e. The molecule has 2 N–H and O–H groups in total. The first-order valence-corrected chi connectivity index (χ1v) is 19.4. The van der Waals surface area contributed by atoms with Gasteiger partial charge in [-0.25, -0.2) is 8.78 Å². The first-order valence-electron chi connectivity index (χ1n) is 19.4. The van der Waals surface area contributed by atoms with Crippen LogP contribution in [0.25, 0.3) is 0 Å². The van der Waals surface area contributed by atoms with Crippen molar-refractivity contribution in [3.8, 4) is 12.1 Å². The van der Waals surface area contributed by atoms with Crippen molar-refractivity contribution in [3.05, 3.63) is 0 Å². The van der Waals surface area contributed by atoms with E-state index in [1.807, 2.05) is 0 Å². The number of rotatable bonds is 15. The summed E-state index contributed by atoms with van der Waals surface area (Å²) in [6.07, 6.45) is 9.46. The van der Waals surface area contributed by atoms with Crippen molar-refractivity contribution in [2.75, 3.05) is 39.4 Å². The van der Waals surface area contributed by atoms with Gasteiger partial charge in [0.2, 0.25) is 11.8 Å². The van der Waals surface area contributed by atoms with Crippen LogP contribution in [0, 0.1) is 33.5 Å². The molecular weight excluding hydrogens is 674 g/mol. The molecule has 8 aliphatic rings. The minimum Gasteiger partial charge on any atom is -0.465 e. The van der Waals surface area contributed by atoms with Crippen molar-refractivity contribution in [2.45, 2.75) is 151 Å². The summed E-state index contributed by atoms with van der Waals surface area (Å²) in [6, 6.07) is 3.03. The lowest BCUT2D eigenvalue weighted by atomic mass is 9.57. The van der Waals surface area contributed by atoms with Gasteiger partial charge in [-0.3, -0.25) is 29.0 Å². The molecule has 8 fully saturated rings. The Morgan fingerprint density at radius 1 is 0.596 bits per heavy atom. The van der Waals surface area contributed by atoms with E-state index in [4.69, 9.17) is 9.47 Å². The van der Waals surface area contributed by atoms with Crippen LogP contribution in [0.5, 0.6) is 0 Å². The van der Waals surface area contributed by atoms with Gasteiger partial charge in [0, 0.05) is 37.0 Å². The zero-order chi connectivity index (χ0) is 37.0. The molecule has 4 atom stereocenters. The molecule has 2 aliphatic heterocycles. The van der Waals surface area contributed by atoms with Crippen molar-refractivity contribution in [1.82, 2.24) is 20.4 Å². The Kier molecular flexibility index (Phi) is 11.8. The van der Waals surface area contributed by atoms with E-state index in [1.54, 1.807) is 9.80 Å². The Bertz CT molecular complexity index is 1290. The standard InChI is InChI=1S/C38H54F2N6O6/c39-27-19-29(21-41)45(23-27)25-31(47)43-37-11-5-35(6-12-37,7-13-37)33(49)51-17-3-1-2-4-18-52-34(50)36-8-14-38(15-9-36,16-10-36)44-32(48)26-46-24-28(40)20-30(46)22-42/h27-30H,1-20,23-26H2,(H,43,47)(H,44,48)/t27-,28-,29-,30-,35?,36?,37?,38?/m0/s1. The van der Waals surface area contributed by atoms with Crippen molar-refractivity contribution >= 4 is 23.8 Å². The minimum absolute atomic E-state index is 0.0114. The number of fused-ring (bicyclic) bond motifs is 6. The maximum atomic E-state index is 13.8. The maximum Gasteiger partial charge on any atom is 0.312 e. The monoisotopic (exact) mass is 728 g/mol. The van der Waals surface area contributed by atoms with Crippen LogP contribution in [0.15, 0.2) is 0 Å². The second-order valence-corrected chi connectivity index (χ2v) is 16.7. The fourth-order valence-electron chi connectivity index (χ4n) is 9.91. The van der Waals surface area contributed by atoms with E-state index in [1.165, 1.54) is 0 Å². The Hall–Kier alpha value is -3.36. The Morgan fingerprint density at radius 3 is 1.27 bits per heavy atom. The molecule has 2 heterocycles. The van der Waals surface area contributed by atoms with Crippen molar-refractivity contribution < 1.29 is 37.4 Å². The second kappa shape index (κ2) is 15.9. The lowest BCUT2D eigenvalue weighted by Gasteiger charge is -2.52. The van der Waals surface area contributed by atoms with E-state index in [0.29, 0.717) is 90.3 Å². The SMILES string of the molecule is N#C[C@@H]1C[C@H](F)CN1CC(=O)NC12CCC(C(=O)OCCCCCCOC(=O)C34CCC(NC(=O)CN5C[C@@H](F)C[C@H]5C#N)(CC3)CC4)(CC1)CC2. The summed E-state index contributed by atoms with van der Waals surface area (Å²) >= 11 is 0. The number of likely N-dealkylation sites (tertiary alicyclic amines) is 2. The van der Waals surface area contributed by atoms with Crippen molar-refractivity contribution in [3.63, 3.8) is 0 Å². The molecule has 0 unspecified atom stereocenters. The molecule has 0 spiro atoms. The third-order valence-corrected chi connectivity index (χ3v) is 13.4. The predicted molar refractivity (Wildman–Crippen MR) is 183 cm³/mol. The van der Waals surface area contributed by atoms with Crippen LogP contribution < -0.4 is 10.6 Å². The summed E-state index contributed by atoms with van der Waals surface area (Å²) in [4.78, 5) is 55.1. The van der Waals surface area contributed by atoms with Crippen LogP contribution in [-0.2, 0) is 28.7 Å². The quantitative estimate of drug-likeness (QED) is 0.187. The zero-order valence-corrected chi connectivity index (χ0v) is 30.3. The number of carbonyl (C=O) groups is 4. The molecule has 0 aromatic carbocycles. The number of hydrogen-bond acceptors (Lipinski definition) is 10. The minimum atomic E-state index is -1.08. The van der Waals surface area contributed by atoms with E-state index < -0.39 is 35.3 Å². The average molecular weight is 729 g/mol. The van der Waals surface area contributed by atoms with Gasteiger partial charge >= 0.3 is 11.9 Å². The molecule has 6 saturated carbocycles. The van der Waals surface area contributed by atoms with E-state index in [2.05, 4.69) is 22.8 Å². The van der Waals surface area contributed by atoms with Crippen LogP contribution in [0.4, 0.5) is 8.78 Å². The lowest BCUT2D eigenvalue weighted by Crippen LogP contribution is -2.59. The highest BCUT2D eigenvalue weighted by molar-refractivity contribution is 5.81. The van der Waals surface area contributed by atoms with Crippen molar-refractivity contribution in [2.24, 2.45) is 10.8 Å². The Morgan fingerprint density at radius 2 is 0.942 bits per heavy atom. The van der Waals surface area contributed by atoms with Crippen LogP contribution in [0.1, 0.15) is 116 Å². The Labute approximate surface area is 305 Å². The molecule has 0 radical (unpaired) electrons. The Balaban J connectivity index is 0.814. The fourth-order valence-corrected chi connectivity index (χ4v) is 9.91. The van der Waals surface area contributed by atoms with Gasteiger partial charge in [0.25, 0.3) is 0 Å². The normalized spacial score (nSPS) is 36.8. The molecule has 52 heavy (non-hydrogen) atoms. The number of ether oxygens (including phenoxy) is 2. The molecule has 8 rings (SSSR count). The lowest BCUT2D eigenvalue weighted by molar-refractivity contribution is -0.165. The number of nitrogens with one attached hydrogen (secondary N) is 2. The average Bonchev–Trinajstić information content (AvgIpc) is 3.69. The number of nitriles is 2. The number of alkyl halides is 2. The van der Waals surface area contributed by atoms with Gasteiger partial charge in [0.05, 0.1) is 49.3 Å². The number of carbonyl (C=O) groups excluding carboxylic acids is 4. The third-order valence-electron chi connectivity index (χ3n) is 13.4. The van der Waals surface area contributed by atoms with Gasteiger partial charge in [0.15, 0.2) is 0 Å². The van der Waals surface area contributed by atoms with E-state index in [9.17, 15) is 38.5 Å².